The number of urea groups is 1. The third-order valence-electron chi connectivity index (χ3n) is 3.93. The van der Waals surface area contributed by atoms with Crippen LogP contribution in [-0.2, 0) is 4.79 Å². The van der Waals surface area contributed by atoms with Crippen LogP contribution in [0.2, 0.25) is 0 Å². The topological polar surface area (TPSA) is 73.5 Å². The molecule has 108 valence electrons. The summed E-state index contributed by atoms with van der Waals surface area (Å²) in [4.78, 5) is 25.5. The maximum absolute atomic E-state index is 11.8. The van der Waals surface area contributed by atoms with Crippen molar-refractivity contribution in [3.8, 4) is 0 Å². The van der Waals surface area contributed by atoms with Crippen LogP contribution in [0.25, 0.3) is 0 Å². The van der Waals surface area contributed by atoms with E-state index < -0.39 is 0 Å². The average Bonchev–Trinajstić information content (AvgIpc) is 2.85. The van der Waals surface area contributed by atoms with Crippen LogP contribution in [0.3, 0.4) is 0 Å². The second-order valence-corrected chi connectivity index (χ2v) is 5.40. The Kier molecular flexibility index (Phi) is 5.15. The molecule has 3 N–H and O–H groups in total. The molecule has 0 saturated carbocycles. The first-order chi connectivity index (χ1) is 9.20. The minimum absolute atomic E-state index is 0.207. The standard InChI is InChI=1S/C13H24N4O2/c1-2-5-15-13(19)16-12(18)9-17-6-3-4-10-7-14-8-11(10)17/h10-11,14H,2-9H2,1H3,(H2,15,16,18,19). The van der Waals surface area contributed by atoms with E-state index in [4.69, 9.17) is 0 Å². The predicted molar refractivity (Wildman–Crippen MR) is 72.8 cm³/mol. The lowest BCUT2D eigenvalue weighted by molar-refractivity contribution is -0.122. The van der Waals surface area contributed by atoms with E-state index in [-0.39, 0.29) is 11.9 Å². The fraction of sp³-hybridized carbons (Fsp3) is 0.846. The highest BCUT2D eigenvalue weighted by Crippen LogP contribution is 2.25. The Morgan fingerprint density at radius 3 is 3.00 bits per heavy atom. The van der Waals surface area contributed by atoms with Crippen LogP contribution in [0.4, 0.5) is 4.79 Å². The fourth-order valence-electron chi connectivity index (χ4n) is 2.99. The molecule has 6 nitrogen and oxygen atoms in total. The van der Waals surface area contributed by atoms with Crippen molar-refractivity contribution in [1.29, 1.82) is 0 Å². The number of fused-ring (bicyclic) bond motifs is 1. The summed E-state index contributed by atoms with van der Waals surface area (Å²) in [6.45, 7) is 5.86. The molecule has 2 aliphatic heterocycles. The van der Waals surface area contributed by atoms with Crippen LogP contribution < -0.4 is 16.0 Å². The molecule has 2 heterocycles. The lowest BCUT2D eigenvalue weighted by Crippen LogP contribution is -2.51. The van der Waals surface area contributed by atoms with E-state index in [0.717, 1.165) is 32.5 Å². The molecule has 2 aliphatic rings. The van der Waals surface area contributed by atoms with E-state index in [1.54, 1.807) is 0 Å². The van der Waals surface area contributed by atoms with Crippen molar-refractivity contribution in [2.24, 2.45) is 5.92 Å². The molecule has 0 aliphatic carbocycles. The van der Waals surface area contributed by atoms with Gasteiger partial charge in [0.1, 0.15) is 0 Å². The number of carbonyl (C=O) groups is 2. The molecule has 0 aromatic rings. The highest BCUT2D eigenvalue weighted by atomic mass is 16.2. The summed E-state index contributed by atoms with van der Waals surface area (Å²) >= 11 is 0. The Hall–Kier alpha value is -1.14. The molecular formula is C13H24N4O2. The SMILES string of the molecule is CCCNC(=O)NC(=O)CN1CCCC2CNCC21. The van der Waals surface area contributed by atoms with E-state index in [1.165, 1.54) is 6.42 Å². The Bertz CT molecular complexity index is 335. The van der Waals surface area contributed by atoms with Crippen LogP contribution in [0.1, 0.15) is 26.2 Å². The number of carbonyl (C=O) groups excluding carboxylic acids is 2. The van der Waals surface area contributed by atoms with Gasteiger partial charge < -0.3 is 10.6 Å². The van der Waals surface area contributed by atoms with Gasteiger partial charge in [0.2, 0.25) is 5.91 Å². The van der Waals surface area contributed by atoms with Gasteiger partial charge in [0.25, 0.3) is 0 Å². The number of hydrogen-bond acceptors (Lipinski definition) is 4. The van der Waals surface area contributed by atoms with Gasteiger partial charge in [0, 0.05) is 19.1 Å². The number of rotatable bonds is 4. The molecule has 3 amide bonds. The van der Waals surface area contributed by atoms with Gasteiger partial charge >= 0.3 is 6.03 Å². The third kappa shape index (κ3) is 3.91. The molecular weight excluding hydrogens is 244 g/mol. The van der Waals surface area contributed by atoms with Gasteiger partial charge in [-0.1, -0.05) is 6.92 Å². The summed E-state index contributed by atoms with van der Waals surface area (Å²) in [6, 6.07) is 0.0724. The largest absolute Gasteiger partial charge is 0.338 e. The number of nitrogens with zero attached hydrogens (tertiary/aromatic N) is 1. The first kappa shape index (κ1) is 14.3. The van der Waals surface area contributed by atoms with Gasteiger partial charge in [-0.2, -0.15) is 0 Å². The first-order valence-corrected chi connectivity index (χ1v) is 7.23. The molecule has 19 heavy (non-hydrogen) atoms. The number of amides is 3. The van der Waals surface area contributed by atoms with Crippen LogP contribution >= 0.6 is 0 Å². The highest BCUT2D eigenvalue weighted by Gasteiger charge is 2.35. The monoisotopic (exact) mass is 268 g/mol. The molecule has 2 atom stereocenters. The van der Waals surface area contributed by atoms with E-state index in [1.807, 2.05) is 6.92 Å². The Morgan fingerprint density at radius 1 is 1.37 bits per heavy atom. The summed E-state index contributed by atoms with van der Waals surface area (Å²) in [5.74, 6) is 0.455. The van der Waals surface area contributed by atoms with E-state index in [0.29, 0.717) is 25.0 Å². The summed E-state index contributed by atoms with van der Waals surface area (Å²) in [5, 5.41) is 8.42. The van der Waals surface area contributed by atoms with Gasteiger partial charge in [-0.3, -0.25) is 15.0 Å². The number of likely N-dealkylation sites (tertiary alicyclic amines) is 1. The second-order valence-electron chi connectivity index (χ2n) is 5.40. The lowest BCUT2D eigenvalue weighted by atomic mass is 9.92. The molecule has 2 rings (SSSR count). The van der Waals surface area contributed by atoms with Crippen molar-refractivity contribution >= 4 is 11.9 Å². The van der Waals surface area contributed by atoms with Crippen molar-refractivity contribution < 1.29 is 9.59 Å². The lowest BCUT2D eigenvalue weighted by Gasteiger charge is -2.36. The van der Waals surface area contributed by atoms with Gasteiger partial charge in [0.05, 0.1) is 6.54 Å². The number of nitrogens with one attached hydrogen (secondary N) is 3. The summed E-state index contributed by atoms with van der Waals surface area (Å²) in [6.07, 6.45) is 3.24. The van der Waals surface area contributed by atoms with Crippen molar-refractivity contribution in [2.75, 3.05) is 32.7 Å². The zero-order chi connectivity index (χ0) is 13.7. The molecule has 2 saturated heterocycles. The third-order valence-corrected chi connectivity index (χ3v) is 3.93. The first-order valence-electron chi connectivity index (χ1n) is 7.23. The van der Waals surface area contributed by atoms with Crippen molar-refractivity contribution in [3.05, 3.63) is 0 Å². The molecule has 0 radical (unpaired) electrons. The minimum Gasteiger partial charge on any atom is -0.338 e. The van der Waals surface area contributed by atoms with E-state index in [9.17, 15) is 9.59 Å². The smallest absolute Gasteiger partial charge is 0.321 e. The second kappa shape index (κ2) is 6.86. The minimum atomic E-state index is -0.384. The Balaban J connectivity index is 1.76. The maximum atomic E-state index is 11.8. The van der Waals surface area contributed by atoms with Crippen LogP contribution in [0.5, 0.6) is 0 Å². The number of imide groups is 1. The van der Waals surface area contributed by atoms with Gasteiger partial charge in [-0.05, 0) is 38.3 Å². The van der Waals surface area contributed by atoms with Crippen molar-refractivity contribution in [3.63, 3.8) is 0 Å². The maximum Gasteiger partial charge on any atom is 0.321 e. The summed E-state index contributed by atoms with van der Waals surface area (Å²) < 4.78 is 0. The molecule has 0 aromatic carbocycles. The molecule has 0 spiro atoms. The Labute approximate surface area is 114 Å². The van der Waals surface area contributed by atoms with Crippen LogP contribution in [-0.4, -0.2) is 55.6 Å². The Morgan fingerprint density at radius 2 is 2.21 bits per heavy atom. The van der Waals surface area contributed by atoms with Crippen molar-refractivity contribution in [2.45, 2.75) is 32.2 Å². The van der Waals surface area contributed by atoms with Crippen molar-refractivity contribution in [1.82, 2.24) is 20.9 Å². The average molecular weight is 268 g/mol. The molecule has 2 fully saturated rings. The van der Waals surface area contributed by atoms with Gasteiger partial charge in [-0.15, -0.1) is 0 Å². The molecule has 2 unspecified atom stereocenters. The summed E-state index contributed by atoms with van der Waals surface area (Å²) in [7, 11) is 0. The zero-order valence-corrected chi connectivity index (χ0v) is 11.6. The summed E-state index contributed by atoms with van der Waals surface area (Å²) in [5.41, 5.74) is 0. The fourth-order valence-corrected chi connectivity index (χ4v) is 2.99. The van der Waals surface area contributed by atoms with Gasteiger partial charge in [-0.25, -0.2) is 4.79 Å². The highest BCUT2D eigenvalue weighted by molar-refractivity contribution is 5.95. The number of piperidine rings is 1. The molecule has 6 heteroatoms. The normalized spacial score (nSPS) is 26.8. The van der Waals surface area contributed by atoms with Crippen LogP contribution in [0.15, 0.2) is 0 Å². The zero-order valence-electron chi connectivity index (χ0n) is 11.6. The van der Waals surface area contributed by atoms with Crippen LogP contribution in [0, 0.1) is 5.92 Å². The quantitative estimate of drug-likeness (QED) is 0.666. The molecule has 0 bridgehead atoms. The predicted octanol–water partition coefficient (Wildman–Crippen LogP) is -0.0940. The van der Waals surface area contributed by atoms with E-state index in [2.05, 4.69) is 20.9 Å². The molecule has 0 aromatic heterocycles. The number of hydrogen-bond donors (Lipinski definition) is 3. The van der Waals surface area contributed by atoms with E-state index >= 15 is 0 Å². The van der Waals surface area contributed by atoms with Gasteiger partial charge in [0.15, 0.2) is 0 Å².